The van der Waals surface area contributed by atoms with Crippen molar-refractivity contribution in [2.75, 3.05) is 12.5 Å². The van der Waals surface area contributed by atoms with E-state index in [0.29, 0.717) is 83.9 Å². The van der Waals surface area contributed by atoms with Crippen molar-refractivity contribution < 1.29 is 47.4 Å². The highest BCUT2D eigenvalue weighted by Gasteiger charge is 2.64. The molecule has 0 saturated heterocycles. The molecule has 0 amide bonds. The number of aliphatic hydroxyl groups excluding tert-OH is 3. The summed E-state index contributed by atoms with van der Waals surface area (Å²) in [5, 5.41) is 34.0. The molecule has 11 heteroatoms. The lowest BCUT2D eigenvalue weighted by Gasteiger charge is -2.62. The number of Topliss-reactive ketones (excluding diaryl/α,β-unsaturated/α-hetero) is 1. The Hall–Kier alpha value is -1.11. The number of ketones is 1. The second kappa shape index (κ2) is 18.4. The van der Waals surface area contributed by atoms with E-state index in [4.69, 9.17) is 14.0 Å². The molecule has 8 aliphatic rings. The SMILES string of the molecule is C[C@H](CCC(=O)OCO[C@H]1CC[C@]2(C)C(C1)C[C@@H](O)[C@@H]1C3CC[C@@H]([C@@H](C)CCC(=O)CCCS(=O)(=O)O)[C@]3(C)CC[C@H]12)[C@H]1CCC2[C@@H]3[C@@H](O)CC4C[C@H](O)CC[C@]4(C)[C@H]3CC[C@@]21C. The minimum Gasteiger partial charge on any atom is -0.438 e. The fraction of sp³-hybridized carbons (Fsp3) is 0.962. The van der Waals surface area contributed by atoms with Gasteiger partial charge in [0, 0.05) is 19.3 Å². The average molecular weight is 903 g/mol. The maximum absolute atomic E-state index is 13.2. The van der Waals surface area contributed by atoms with Crippen molar-refractivity contribution in [1.29, 1.82) is 0 Å². The molecule has 0 aromatic heterocycles. The van der Waals surface area contributed by atoms with Gasteiger partial charge in [-0.05, 0) is 215 Å². The van der Waals surface area contributed by atoms with Crippen LogP contribution in [0.5, 0.6) is 0 Å². The first-order chi connectivity index (χ1) is 29.7. The average Bonchev–Trinajstić information content (AvgIpc) is 3.76. The summed E-state index contributed by atoms with van der Waals surface area (Å²) >= 11 is 0. The second-order valence-corrected chi connectivity index (χ2v) is 26.2. The van der Waals surface area contributed by atoms with Gasteiger partial charge in [-0.2, -0.15) is 8.42 Å². The molecule has 63 heavy (non-hydrogen) atoms. The van der Waals surface area contributed by atoms with Crippen molar-refractivity contribution in [3.8, 4) is 0 Å². The highest BCUT2D eigenvalue weighted by atomic mass is 32.2. The molecule has 360 valence electrons. The summed E-state index contributed by atoms with van der Waals surface area (Å²) in [4.78, 5) is 25.7. The van der Waals surface area contributed by atoms with Crippen LogP contribution in [0.1, 0.15) is 183 Å². The number of fused-ring (bicyclic) bond motifs is 10. The van der Waals surface area contributed by atoms with E-state index in [0.717, 1.165) is 89.9 Å². The highest BCUT2D eigenvalue weighted by Crippen LogP contribution is 2.70. The Bertz CT molecular complexity index is 1750. The van der Waals surface area contributed by atoms with Gasteiger partial charge in [0.2, 0.25) is 0 Å². The molecule has 4 unspecified atom stereocenters. The van der Waals surface area contributed by atoms with Gasteiger partial charge in [0.15, 0.2) is 6.79 Å². The number of rotatable bonds is 15. The third kappa shape index (κ3) is 9.15. The molecule has 10 nitrogen and oxygen atoms in total. The van der Waals surface area contributed by atoms with Crippen LogP contribution in [0.25, 0.3) is 0 Å². The summed E-state index contributed by atoms with van der Waals surface area (Å²) in [6, 6.07) is 0. The van der Waals surface area contributed by atoms with Crippen LogP contribution < -0.4 is 0 Å². The Morgan fingerprint density at radius 1 is 0.619 bits per heavy atom. The van der Waals surface area contributed by atoms with E-state index in [1.807, 2.05) is 0 Å². The second-order valence-electron chi connectivity index (χ2n) is 24.6. The van der Waals surface area contributed by atoms with Crippen LogP contribution in [-0.4, -0.2) is 77.0 Å². The Morgan fingerprint density at radius 3 is 1.67 bits per heavy atom. The number of hydrogen-bond acceptors (Lipinski definition) is 9. The van der Waals surface area contributed by atoms with Crippen LogP contribution in [0, 0.1) is 92.7 Å². The minimum absolute atomic E-state index is 0.00689. The summed E-state index contributed by atoms with van der Waals surface area (Å²) in [5.74, 6) is 4.81. The molecule has 0 aromatic carbocycles. The molecular formula is C52H86O10S. The van der Waals surface area contributed by atoms with Crippen molar-refractivity contribution in [1.82, 2.24) is 0 Å². The molecule has 4 N–H and O–H groups in total. The van der Waals surface area contributed by atoms with Gasteiger partial charge in [-0.1, -0.05) is 41.5 Å². The van der Waals surface area contributed by atoms with Crippen molar-refractivity contribution in [3.63, 3.8) is 0 Å². The number of aliphatic hydroxyl groups is 3. The molecular weight excluding hydrogens is 817 g/mol. The predicted octanol–water partition coefficient (Wildman–Crippen LogP) is 9.56. The number of ether oxygens (including phenoxy) is 2. The number of carbonyl (C=O) groups excluding carboxylic acids is 2. The van der Waals surface area contributed by atoms with Gasteiger partial charge < -0.3 is 24.8 Å². The summed E-state index contributed by atoms with van der Waals surface area (Å²) in [5.41, 5.74) is 0.706. The summed E-state index contributed by atoms with van der Waals surface area (Å²) in [7, 11) is -4.04. The van der Waals surface area contributed by atoms with E-state index >= 15 is 0 Å². The molecule has 8 aliphatic carbocycles. The van der Waals surface area contributed by atoms with E-state index in [-0.39, 0.29) is 83.2 Å². The number of hydrogen-bond donors (Lipinski definition) is 4. The topological polar surface area (TPSA) is 168 Å². The van der Waals surface area contributed by atoms with Crippen LogP contribution in [0.2, 0.25) is 0 Å². The van der Waals surface area contributed by atoms with Crippen LogP contribution in [0.15, 0.2) is 0 Å². The summed E-state index contributed by atoms with van der Waals surface area (Å²) in [6.45, 7) is 14.5. The molecule has 20 atom stereocenters. The molecule has 0 spiro atoms. The molecule has 8 rings (SSSR count). The predicted molar refractivity (Wildman–Crippen MR) is 243 cm³/mol. The first kappa shape index (κ1) is 48.4. The standard InChI is InChI=1S/C52H86O10S/c1-31(9-11-35(53)8-7-25-63(58,59)60)38-12-14-41-48-43(20-24-51(38,41)5)50(4)22-18-37(27-34(50)29-45(48)56)61-30-62-46(57)16-10-32(2)39-13-15-40-47-42(19-23-52(39,40)6)49(3)21-17-36(54)26-33(49)28-44(47)55/h31-34,36-45,47-48,54-56H,7-30H2,1-6H3,(H,58,59,60)/t31-,32+,33?,34?,36+,37-,38-,39+,40?,41?,42-,43+,44-,45+,47-,48+,49-,50+,51-,52+/m0/s1. The third-order valence-electron chi connectivity index (χ3n) is 21.9. The quantitative estimate of drug-likeness (QED) is 0.0706. The molecule has 0 aliphatic heterocycles. The highest BCUT2D eigenvalue weighted by molar-refractivity contribution is 7.85. The lowest BCUT2D eigenvalue weighted by Crippen LogP contribution is -2.58. The monoisotopic (exact) mass is 903 g/mol. The van der Waals surface area contributed by atoms with Gasteiger partial charge in [-0.25, -0.2) is 0 Å². The van der Waals surface area contributed by atoms with Crippen LogP contribution >= 0.6 is 0 Å². The van der Waals surface area contributed by atoms with Gasteiger partial charge >= 0.3 is 5.97 Å². The van der Waals surface area contributed by atoms with Crippen molar-refractivity contribution in [2.24, 2.45) is 92.7 Å². The largest absolute Gasteiger partial charge is 0.438 e. The fourth-order valence-electron chi connectivity index (χ4n) is 18.5. The van der Waals surface area contributed by atoms with Crippen LogP contribution in [0.3, 0.4) is 0 Å². The van der Waals surface area contributed by atoms with E-state index < -0.39 is 10.1 Å². The maximum Gasteiger partial charge on any atom is 0.307 e. The molecule has 0 bridgehead atoms. The van der Waals surface area contributed by atoms with E-state index in [1.165, 1.54) is 25.7 Å². The van der Waals surface area contributed by atoms with E-state index in [1.54, 1.807) is 0 Å². The maximum atomic E-state index is 13.2. The summed E-state index contributed by atoms with van der Waals surface area (Å²) in [6.07, 6.45) is 18.6. The smallest absolute Gasteiger partial charge is 0.307 e. The van der Waals surface area contributed by atoms with Crippen LogP contribution in [-0.2, 0) is 29.2 Å². The fourth-order valence-corrected chi connectivity index (χ4v) is 19.0. The van der Waals surface area contributed by atoms with E-state index in [2.05, 4.69) is 41.5 Å². The lowest BCUT2D eigenvalue weighted by molar-refractivity contribution is -0.190. The number of carbonyl (C=O) groups is 2. The molecule has 0 heterocycles. The number of esters is 1. The van der Waals surface area contributed by atoms with Crippen molar-refractivity contribution >= 4 is 21.9 Å². The van der Waals surface area contributed by atoms with E-state index in [9.17, 15) is 33.3 Å². The molecule has 8 saturated carbocycles. The zero-order valence-corrected chi connectivity index (χ0v) is 40.7. The first-order valence-electron chi connectivity index (χ1n) is 26.0. The van der Waals surface area contributed by atoms with Crippen molar-refractivity contribution in [2.45, 2.75) is 207 Å². The third-order valence-corrected chi connectivity index (χ3v) is 22.7. The van der Waals surface area contributed by atoms with Crippen LogP contribution in [0.4, 0.5) is 0 Å². The first-order valence-corrected chi connectivity index (χ1v) is 27.6. The molecule has 0 radical (unpaired) electrons. The normalized spacial score (nSPS) is 47.8. The lowest BCUT2D eigenvalue weighted by atomic mass is 9.43. The zero-order chi connectivity index (χ0) is 45.3. The van der Waals surface area contributed by atoms with Crippen molar-refractivity contribution in [3.05, 3.63) is 0 Å². The van der Waals surface area contributed by atoms with Gasteiger partial charge in [0.25, 0.3) is 10.1 Å². The zero-order valence-electron chi connectivity index (χ0n) is 39.9. The Morgan fingerprint density at radius 2 is 1.11 bits per heavy atom. The Kier molecular flexibility index (Phi) is 14.1. The molecule has 8 fully saturated rings. The summed E-state index contributed by atoms with van der Waals surface area (Å²) < 4.78 is 43.2. The Balaban J connectivity index is 0.776. The Labute approximate surface area is 380 Å². The molecule has 0 aromatic rings. The van der Waals surface area contributed by atoms with Gasteiger partial charge in [-0.15, -0.1) is 0 Å². The van der Waals surface area contributed by atoms with Gasteiger partial charge in [0.05, 0.1) is 30.2 Å². The minimum atomic E-state index is -4.04. The van der Waals surface area contributed by atoms with Gasteiger partial charge in [0.1, 0.15) is 5.78 Å². The van der Waals surface area contributed by atoms with Gasteiger partial charge in [-0.3, -0.25) is 14.1 Å².